The van der Waals surface area contributed by atoms with Crippen LogP contribution in [0.3, 0.4) is 0 Å². The highest BCUT2D eigenvalue weighted by Gasteiger charge is 2.16. The predicted octanol–water partition coefficient (Wildman–Crippen LogP) is 3.60. The van der Waals surface area contributed by atoms with E-state index in [0.717, 1.165) is 17.5 Å². The molecule has 3 heteroatoms. The summed E-state index contributed by atoms with van der Waals surface area (Å²) < 4.78 is 0. The van der Waals surface area contributed by atoms with Crippen molar-refractivity contribution in [3.63, 3.8) is 0 Å². The molecule has 1 unspecified atom stereocenters. The number of benzene rings is 2. The number of rotatable bonds is 4. The van der Waals surface area contributed by atoms with E-state index in [0.29, 0.717) is 12.3 Å². The first-order chi connectivity index (χ1) is 8.72. The Morgan fingerprint density at radius 1 is 1.11 bits per heavy atom. The molecular formula is C16H20ClNO. The van der Waals surface area contributed by atoms with Gasteiger partial charge in [-0.3, -0.25) is 0 Å². The third-order valence-corrected chi connectivity index (χ3v) is 3.22. The Hall–Kier alpha value is -1.51. The number of hydrogen-bond acceptors (Lipinski definition) is 2. The monoisotopic (exact) mass is 277 g/mol. The summed E-state index contributed by atoms with van der Waals surface area (Å²) in [5, 5.41) is 10.1. The van der Waals surface area contributed by atoms with E-state index in [1.807, 2.05) is 37.3 Å². The van der Waals surface area contributed by atoms with E-state index in [1.54, 1.807) is 6.07 Å². The number of aromatic hydroxyl groups is 1. The van der Waals surface area contributed by atoms with Crippen LogP contribution in [0.2, 0.25) is 0 Å². The maximum Gasteiger partial charge on any atom is 0.119 e. The topological polar surface area (TPSA) is 46.2 Å². The van der Waals surface area contributed by atoms with Crippen LogP contribution in [0, 0.1) is 6.92 Å². The maximum absolute atomic E-state index is 10.1. The first kappa shape index (κ1) is 15.5. The predicted molar refractivity (Wildman–Crippen MR) is 82.0 cm³/mol. The quantitative estimate of drug-likeness (QED) is 0.897. The fraction of sp³-hybridized carbons (Fsp3) is 0.250. The molecule has 1 atom stereocenters. The van der Waals surface area contributed by atoms with Crippen molar-refractivity contribution in [2.24, 2.45) is 5.73 Å². The van der Waals surface area contributed by atoms with Gasteiger partial charge >= 0.3 is 0 Å². The lowest BCUT2D eigenvalue weighted by Gasteiger charge is -2.19. The van der Waals surface area contributed by atoms with Crippen molar-refractivity contribution < 1.29 is 5.11 Å². The molecule has 3 N–H and O–H groups in total. The molecule has 102 valence electrons. The van der Waals surface area contributed by atoms with Crippen molar-refractivity contribution in [2.75, 3.05) is 6.54 Å². The molecule has 2 aromatic rings. The second-order valence-electron chi connectivity index (χ2n) is 4.60. The molecule has 2 nitrogen and oxygen atoms in total. The molecule has 0 aliphatic heterocycles. The molecular weight excluding hydrogens is 258 g/mol. The number of phenols is 1. The number of halogens is 1. The maximum atomic E-state index is 10.1. The van der Waals surface area contributed by atoms with Gasteiger partial charge in [0.1, 0.15) is 5.75 Å². The summed E-state index contributed by atoms with van der Waals surface area (Å²) >= 11 is 0. The van der Waals surface area contributed by atoms with Gasteiger partial charge in [-0.05, 0) is 31.5 Å². The van der Waals surface area contributed by atoms with Crippen LogP contribution >= 0.6 is 12.4 Å². The molecule has 0 aliphatic carbocycles. The lowest BCUT2D eigenvalue weighted by atomic mass is 9.87. The second-order valence-corrected chi connectivity index (χ2v) is 4.60. The molecule has 0 saturated carbocycles. The zero-order chi connectivity index (χ0) is 13.0. The Labute approximate surface area is 120 Å². The Morgan fingerprint density at radius 3 is 2.42 bits per heavy atom. The lowest BCUT2D eigenvalue weighted by Crippen LogP contribution is -2.09. The van der Waals surface area contributed by atoms with Gasteiger partial charge in [0.2, 0.25) is 0 Å². The molecule has 0 aliphatic rings. The summed E-state index contributed by atoms with van der Waals surface area (Å²) in [6.45, 7) is 2.64. The summed E-state index contributed by atoms with van der Waals surface area (Å²) in [5.41, 5.74) is 9.03. The average molecular weight is 278 g/mol. The van der Waals surface area contributed by atoms with Crippen LogP contribution in [0.25, 0.3) is 0 Å². The van der Waals surface area contributed by atoms with Gasteiger partial charge in [-0.1, -0.05) is 48.0 Å². The molecule has 0 saturated heterocycles. The highest BCUT2D eigenvalue weighted by atomic mass is 35.5. The molecule has 0 radical (unpaired) electrons. The van der Waals surface area contributed by atoms with Crippen LogP contribution in [-0.2, 0) is 0 Å². The lowest BCUT2D eigenvalue weighted by molar-refractivity contribution is 0.463. The Bertz CT molecular complexity index is 513. The first-order valence-corrected chi connectivity index (χ1v) is 6.27. The minimum atomic E-state index is 0. The van der Waals surface area contributed by atoms with E-state index < -0.39 is 0 Å². The van der Waals surface area contributed by atoms with Crippen LogP contribution < -0.4 is 5.73 Å². The molecule has 2 aromatic carbocycles. The number of hydrogen-bond donors (Lipinski definition) is 2. The summed E-state index contributed by atoms with van der Waals surface area (Å²) in [4.78, 5) is 0. The zero-order valence-electron chi connectivity index (χ0n) is 11.0. The fourth-order valence-corrected chi connectivity index (χ4v) is 2.31. The molecule has 0 spiro atoms. The summed E-state index contributed by atoms with van der Waals surface area (Å²) in [5.74, 6) is 0.513. The van der Waals surface area contributed by atoms with Crippen molar-refractivity contribution in [3.8, 4) is 5.75 Å². The Kier molecular flexibility index (Phi) is 5.87. The number of phenolic OH excluding ortho intramolecular Hbond substituents is 1. The molecule has 0 amide bonds. The Morgan fingerprint density at radius 2 is 1.79 bits per heavy atom. The highest BCUT2D eigenvalue weighted by molar-refractivity contribution is 5.85. The van der Waals surface area contributed by atoms with Gasteiger partial charge < -0.3 is 10.8 Å². The van der Waals surface area contributed by atoms with E-state index >= 15 is 0 Å². The number of nitrogens with two attached hydrogens (primary N) is 1. The van der Waals surface area contributed by atoms with E-state index in [9.17, 15) is 5.11 Å². The van der Waals surface area contributed by atoms with E-state index in [1.165, 1.54) is 5.56 Å². The minimum absolute atomic E-state index is 0. The molecule has 0 fully saturated rings. The van der Waals surface area contributed by atoms with Crippen LogP contribution in [0.15, 0.2) is 48.5 Å². The largest absolute Gasteiger partial charge is 0.508 e. The highest BCUT2D eigenvalue weighted by Crippen LogP contribution is 2.33. The zero-order valence-corrected chi connectivity index (χ0v) is 11.9. The van der Waals surface area contributed by atoms with Crippen molar-refractivity contribution in [1.29, 1.82) is 0 Å². The van der Waals surface area contributed by atoms with Crippen LogP contribution in [-0.4, -0.2) is 11.7 Å². The number of aryl methyl sites for hydroxylation is 1. The summed E-state index contributed by atoms with van der Waals surface area (Å²) in [6.07, 6.45) is 0.834. The van der Waals surface area contributed by atoms with Crippen molar-refractivity contribution in [2.45, 2.75) is 19.3 Å². The second kappa shape index (κ2) is 7.17. The van der Waals surface area contributed by atoms with E-state index in [4.69, 9.17) is 5.73 Å². The van der Waals surface area contributed by atoms with Crippen molar-refractivity contribution in [1.82, 2.24) is 0 Å². The standard InChI is InChI=1S/C16H19NO.ClH/c1-12-7-8-16(18)15(11-12)14(9-10-17)13-5-3-2-4-6-13;/h2-8,11,14,18H,9-10,17H2,1H3;1H. The van der Waals surface area contributed by atoms with Gasteiger partial charge in [-0.2, -0.15) is 0 Å². The molecule has 19 heavy (non-hydrogen) atoms. The van der Waals surface area contributed by atoms with Gasteiger partial charge in [0.25, 0.3) is 0 Å². The minimum Gasteiger partial charge on any atom is -0.508 e. The normalized spacial score (nSPS) is 11.7. The van der Waals surface area contributed by atoms with Gasteiger partial charge in [0, 0.05) is 11.5 Å². The summed E-state index contributed by atoms with van der Waals surface area (Å²) in [7, 11) is 0. The fourth-order valence-electron chi connectivity index (χ4n) is 2.31. The summed E-state index contributed by atoms with van der Waals surface area (Å²) in [6, 6.07) is 15.9. The smallest absolute Gasteiger partial charge is 0.119 e. The first-order valence-electron chi connectivity index (χ1n) is 6.27. The molecule has 0 aromatic heterocycles. The van der Waals surface area contributed by atoms with E-state index in [2.05, 4.69) is 12.1 Å². The van der Waals surface area contributed by atoms with Crippen molar-refractivity contribution in [3.05, 3.63) is 65.2 Å². The third-order valence-electron chi connectivity index (χ3n) is 3.22. The molecule has 2 rings (SSSR count). The van der Waals surface area contributed by atoms with Crippen molar-refractivity contribution >= 4 is 12.4 Å². The van der Waals surface area contributed by atoms with Gasteiger partial charge in [-0.15, -0.1) is 12.4 Å². The SMILES string of the molecule is Cc1ccc(O)c(C(CCN)c2ccccc2)c1.Cl. The van der Waals surface area contributed by atoms with Crippen LogP contribution in [0.4, 0.5) is 0 Å². The Balaban J connectivity index is 0.00000180. The van der Waals surface area contributed by atoms with Gasteiger partial charge in [0.15, 0.2) is 0 Å². The van der Waals surface area contributed by atoms with Gasteiger partial charge in [0.05, 0.1) is 0 Å². The third kappa shape index (κ3) is 3.72. The van der Waals surface area contributed by atoms with E-state index in [-0.39, 0.29) is 18.3 Å². The molecule has 0 heterocycles. The average Bonchev–Trinajstić information content (AvgIpc) is 2.40. The van der Waals surface area contributed by atoms with Crippen LogP contribution in [0.5, 0.6) is 5.75 Å². The molecule has 0 bridgehead atoms. The van der Waals surface area contributed by atoms with Crippen LogP contribution in [0.1, 0.15) is 29.0 Å². The van der Waals surface area contributed by atoms with Gasteiger partial charge in [-0.25, -0.2) is 0 Å².